The quantitative estimate of drug-likeness (QED) is 0.825. The molecule has 2 rings (SSSR count). The van der Waals surface area contributed by atoms with Crippen molar-refractivity contribution < 1.29 is 0 Å². The molecule has 0 fully saturated rings. The molecule has 0 radical (unpaired) electrons. The standard InChI is InChI=1S/C19H25NS/c1-13(2)16-5-8-18(9-6-16)21-19-10-7-17(12-15(4)20)14(3)11-19/h5-11,13,15H,12,20H2,1-4H3. The van der Waals surface area contributed by atoms with Crippen LogP contribution in [0.15, 0.2) is 52.3 Å². The zero-order valence-corrected chi connectivity index (χ0v) is 14.2. The fraction of sp³-hybridized carbons (Fsp3) is 0.368. The predicted molar refractivity (Wildman–Crippen MR) is 93.2 cm³/mol. The number of benzene rings is 2. The number of aryl methyl sites for hydroxylation is 1. The predicted octanol–water partition coefficient (Wildman–Crippen LogP) is 5.16. The van der Waals surface area contributed by atoms with Crippen LogP contribution in [0.1, 0.15) is 43.4 Å². The summed E-state index contributed by atoms with van der Waals surface area (Å²) in [7, 11) is 0. The zero-order chi connectivity index (χ0) is 15.4. The molecule has 1 atom stereocenters. The first kappa shape index (κ1) is 16.1. The van der Waals surface area contributed by atoms with Crippen LogP contribution in [0.2, 0.25) is 0 Å². The lowest BCUT2D eigenvalue weighted by Crippen LogP contribution is -2.18. The van der Waals surface area contributed by atoms with Gasteiger partial charge in [0.25, 0.3) is 0 Å². The van der Waals surface area contributed by atoms with Gasteiger partial charge in [-0.3, -0.25) is 0 Å². The summed E-state index contributed by atoms with van der Waals surface area (Å²) < 4.78 is 0. The second-order valence-electron chi connectivity index (χ2n) is 6.10. The number of hydrogen-bond donors (Lipinski definition) is 1. The van der Waals surface area contributed by atoms with E-state index in [-0.39, 0.29) is 6.04 Å². The van der Waals surface area contributed by atoms with Gasteiger partial charge >= 0.3 is 0 Å². The average molecular weight is 299 g/mol. The largest absolute Gasteiger partial charge is 0.328 e. The highest BCUT2D eigenvalue weighted by molar-refractivity contribution is 7.99. The van der Waals surface area contributed by atoms with Crippen molar-refractivity contribution in [1.82, 2.24) is 0 Å². The lowest BCUT2D eigenvalue weighted by atomic mass is 10.0. The van der Waals surface area contributed by atoms with Gasteiger partial charge in [0.1, 0.15) is 0 Å². The van der Waals surface area contributed by atoms with Crippen LogP contribution in [-0.2, 0) is 6.42 Å². The normalized spacial score (nSPS) is 12.7. The van der Waals surface area contributed by atoms with Crippen molar-refractivity contribution in [3.8, 4) is 0 Å². The lowest BCUT2D eigenvalue weighted by Gasteiger charge is -2.11. The Labute approximate surface area is 133 Å². The molecule has 0 spiro atoms. The van der Waals surface area contributed by atoms with Crippen molar-refractivity contribution >= 4 is 11.8 Å². The molecule has 0 aromatic heterocycles. The van der Waals surface area contributed by atoms with Gasteiger partial charge in [0, 0.05) is 15.8 Å². The topological polar surface area (TPSA) is 26.0 Å². The van der Waals surface area contributed by atoms with E-state index >= 15 is 0 Å². The zero-order valence-electron chi connectivity index (χ0n) is 13.4. The minimum Gasteiger partial charge on any atom is -0.328 e. The van der Waals surface area contributed by atoms with Crippen LogP contribution in [0.25, 0.3) is 0 Å². The molecule has 1 nitrogen and oxygen atoms in total. The number of hydrogen-bond acceptors (Lipinski definition) is 2. The van der Waals surface area contributed by atoms with Gasteiger partial charge in [-0.25, -0.2) is 0 Å². The van der Waals surface area contributed by atoms with Crippen LogP contribution in [0.5, 0.6) is 0 Å². The van der Waals surface area contributed by atoms with Crippen LogP contribution in [0, 0.1) is 6.92 Å². The Kier molecular flexibility index (Phi) is 5.49. The summed E-state index contributed by atoms with van der Waals surface area (Å²) in [5.41, 5.74) is 9.96. The summed E-state index contributed by atoms with van der Waals surface area (Å²) in [6.07, 6.45) is 0.944. The lowest BCUT2D eigenvalue weighted by molar-refractivity contribution is 0.734. The first-order chi connectivity index (χ1) is 9.95. The van der Waals surface area contributed by atoms with Crippen LogP contribution in [-0.4, -0.2) is 6.04 Å². The van der Waals surface area contributed by atoms with Crippen molar-refractivity contribution in [2.45, 2.75) is 55.9 Å². The molecule has 0 aliphatic heterocycles. The fourth-order valence-electron chi connectivity index (χ4n) is 2.36. The van der Waals surface area contributed by atoms with E-state index in [2.05, 4.69) is 70.2 Å². The summed E-state index contributed by atoms with van der Waals surface area (Å²) in [5, 5.41) is 0. The molecule has 21 heavy (non-hydrogen) atoms. The third-order valence-electron chi connectivity index (χ3n) is 3.64. The van der Waals surface area contributed by atoms with E-state index in [4.69, 9.17) is 5.73 Å². The Balaban J connectivity index is 2.11. The molecule has 2 aromatic rings. The van der Waals surface area contributed by atoms with Crippen LogP contribution < -0.4 is 5.73 Å². The summed E-state index contributed by atoms with van der Waals surface area (Å²) in [5.74, 6) is 0.587. The van der Waals surface area contributed by atoms with Crippen LogP contribution in [0.3, 0.4) is 0 Å². The molecule has 0 amide bonds. The van der Waals surface area contributed by atoms with E-state index < -0.39 is 0 Å². The summed E-state index contributed by atoms with van der Waals surface area (Å²) >= 11 is 1.82. The third-order valence-corrected chi connectivity index (χ3v) is 4.64. The molecule has 0 aliphatic carbocycles. The highest BCUT2D eigenvalue weighted by Crippen LogP contribution is 2.30. The minimum atomic E-state index is 0.214. The molecule has 2 aromatic carbocycles. The molecular formula is C19H25NS. The highest BCUT2D eigenvalue weighted by atomic mass is 32.2. The van der Waals surface area contributed by atoms with Crippen LogP contribution in [0.4, 0.5) is 0 Å². The number of rotatable bonds is 5. The van der Waals surface area contributed by atoms with Crippen molar-refractivity contribution in [1.29, 1.82) is 0 Å². The fourth-order valence-corrected chi connectivity index (χ4v) is 3.28. The molecule has 2 N–H and O–H groups in total. The van der Waals surface area contributed by atoms with E-state index in [9.17, 15) is 0 Å². The average Bonchev–Trinajstić information content (AvgIpc) is 2.42. The maximum atomic E-state index is 5.89. The van der Waals surface area contributed by atoms with Gasteiger partial charge < -0.3 is 5.73 Å². The van der Waals surface area contributed by atoms with E-state index in [1.165, 1.54) is 26.5 Å². The Morgan fingerprint density at radius 3 is 2.10 bits per heavy atom. The van der Waals surface area contributed by atoms with E-state index in [0.717, 1.165) is 6.42 Å². The third kappa shape index (κ3) is 4.62. The van der Waals surface area contributed by atoms with E-state index in [1.54, 1.807) is 0 Å². The Morgan fingerprint density at radius 1 is 0.952 bits per heavy atom. The second kappa shape index (κ2) is 7.15. The summed E-state index contributed by atoms with van der Waals surface area (Å²) in [4.78, 5) is 2.58. The molecule has 0 aliphatic rings. The van der Waals surface area contributed by atoms with Gasteiger partial charge in [0.05, 0.1) is 0 Å². The first-order valence-electron chi connectivity index (χ1n) is 7.58. The van der Waals surface area contributed by atoms with Gasteiger partial charge in [-0.1, -0.05) is 43.8 Å². The molecular weight excluding hydrogens is 274 g/mol. The Morgan fingerprint density at radius 2 is 1.57 bits per heavy atom. The molecule has 0 saturated carbocycles. The molecule has 2 heteroatoms. The maximum Gasteiger partial charge on any atom is 0.0125 e. The molecule has 0 bridgehead atoms. The van der Waals surface area contributed by atoms with Crippen molar-refractivity contribution in [2.75, 3.05) is 0 Å². The first-order valence-corrected chi connectivity index (χ1v) is 8.40. The summed E-state index contributed by atoms with van der Waals surface area (Å²) in [6.45, 7) is 8.67. The van der Waals surface area contributed by atoms with Crippen molar-refractivity contribution in [2.24, 2.45) is 5.73 Å². The molecule has 1 unspecified atom stereocenters. The number of nitrogens with two attached hydrogens (primary N) is 1. The second-order valence-corrected chi connectivity index (χ2v) is 7.24. The van der Waals surface area contributed by atoms with Gasteiger partial charge in [0.15, 0.2) is 0 Å². The Hall–Kier alpha value is -1.25. The Bertz CT molecular complexity index is 585. The monoisotopic (exact) mass is 299 g/mol. The van der Waals surface area contributed by atoms with Gasteiger partial charge in [0.2, 0.25) is 0 Å². The van der Waals surface area contributed by atoms with Gasteiger partial charge in [-0.2, -0.15) is 0 Å². The van der Waals surface area contributed by atoms with E-state index in [0.29, 0.717) is 5.92 Å². The SMILES string of the molecule is Cc1cc(Sc2ccc(C(C)C)cc2)ccc1CC(C)N. The summed E-state index contributed by atoms with van der Waals surface area (Å²) in [6, 6.07) is 15.8. The van der Waals surface area contributed by atoms with Gasteiger partial charge in [-0.15, -0.1) is 0 Å². The smallest absolute Gasteiger partial charge is 0.0125 e. The van der Waals surface area contributed by atoms with Gasteiger partial charge in [-0.05, 0) is 67.1 Å². The van der Waals surface area contributed by atoms with Crippen molar-refractivity contribution in [3.63, 3.8) is 0 Å². The highest BCUT2D eigenvalue weighted by Gasteiger charge is 2.05. The molecule has 0 saturated heterocycles. The molecule has 0 heterocycles. The maximum absolute atomic E-state index is 5.89. The van der Waals surface area contributed by atoms with Crippen LogP contribution >= 0.6 is 11.8 Å². The molecule has 112 valence electrons. The van der Waals surface area contributed by atoms with E-state index in [1.807, 2.05) is 11.8 Å². The van der Waals surface area contributed by atoms with Crippen molar-refractivity contribution in [3.05, 3.63) is 59.2 Å². The minimum absolute atomic E-state index is 0.214.